The molecule has 1 aromatic rings. The zero-order valence-electron chi connectivity index (χ0n) is 10.8. The van der Waals surface area contributed by atoms with Gasteiger partial charge in [0, 0.05) is 37.0 Å². The van der Waals surface area contributed by atoms with Crippen LogP contribution in [0.3, 0.4) is 0 Å². The van der Waals surface area contributed by atoms with Gasteiger partial charge in [-0.15, -0.1) is 0 Å². The summed E-state index contributed by atoms with van der Waals surface area (Å²) in [6.07, 6.45) is 3.36. The van der Waals surface area contributed by atoms with Gasteiger partial charge in [-0.05, 0) is 12.3 Å². The van der Waals surface area contributed by atoms with Crippen molar-refractivity contribution in [3.05, 3.63) is 23.7 Å². The molecule has 1 unspecified atom stereocenters. The fourth-order valence-corrected chi connectivity index (χ4v) is 2.56. The van der Waals surface area contributed by atoms with Crippen LogP contribution in [0.4, 0.5) is 11.8 Å². The van der Waals surface area contributed by atoms with E-state index >= 15 is 0 Å². The van der Waals surface area contributed by atoms with E-state index in [4.69, 9.17) is 5.73 Å². The summed E-state index contributed by atoms with van der Waals surface area (Å²) >= 11 is 0. The molecule has 5 nitrogen and oxygen atoms in total. The minimum Gasteiger partial charge on any atom is -0.387 e. The maximum atomic E-state index is 5.80. The maximum absolute atomic E-state index is 5.80. The van der Waals surface area contributed by atoms with Gasteiger partial charge < -0.3 is 16.0 Å². The summed E-state index contributed by atoms with van der Waals surface area (Å²) in [4.78, 5) is 10.8. The second-order valence-corrected chi connectivity index (χ2v) is 5.31. The Balaban J connectivity index is 1.91. The highest BCUT2D eigenvalue weighted by atomic mass is 15.2. The van der Waals surface area contributed by atoms with Gasteiger partial charge in [-0.2, -0.15) is 4.98 Å². The molecule has 0 bridgehead atoms. The minimum absolute atomic E-state index is 0.361. The van der Waals surface area contributed by atoms with E-state index in [-0.39, 0.29) is 0 Å². The molecule has 2 aliphatic rings. The molecule has 2 aliphatic heterocycles. The van der Waals surface area contributed by atoms with E-state index < -0.39 is 0 Å². The first kappa shape index (κ1) is 11.3. The number of nitrogens with zero attached hydrogens (tertiary/aromatic N) is 3. The predicted octanol–water partition coefficient (Wildman–Crippen LogP) is 1.45. The molecule has 5 heteroatoms. The normalized spacial score (nSPS) is 22.1. The fraction of sp³-hybridized carbons (Fsp3) is 0.538. The molecule has 0 aromatic carbocycles. The van der Waals surface area contributed by atoms with Crippen LogP contribution in [-0.4, -0.2) is 23.1 Å². The van der Waals surface area contributed by atoms with Crippen LogP contribution in [0.25, 0.3) is 0 Å². The Morgan fingerprint density at radius 2 is 2.28 bits per heavy atom. The first-order chi connectivity index (χ1) is 8.63. The first-order valence-electron chi connectivity index (χ1n) is 6.50. The Bertz CT molecular complexity index is 494. The molecule has 18 heavy (non-hydrogen) atoms. The molecule has 1 saturated heterocycles. The topological polar surface area (TPSA) is 67.1 Å². The number of fused-ring (bicyclic) bond motifs is 1. The van der Waals surface area contributed by atoms with Crippen LogP contribution in [0.1, 0.15) is 31.9 Å². The molecule has 0 spiro atoms. The van der Waals surface area contributed by atoms with Crippen molar-refractivity contribution < 1.29 is 0 Å². The van der Waals surface area contributed by atoms with Gasteiger partial charge >= 0.3 is 0 Å². The molecule has 96 valence electrons. The third kappa shape index (κ3) is 1.89. The monoisotopic (exact) mass is 245 g/mol. The van der Waals surface area contributed by atoms with Crippen LogP contribution < -0.4 is 16.0 Å². The van der Waals surface area contributed by atoms with Gasteiger partial charge in [-0.25, -0.2) is 4.98 Å². The average molecular weight is 245 g/mol. The summed E-state index contributed by atoms with van der Waals surface area (Å²) in [6, 6.07) is 2.04. The van der Waals surface area contributed by atoms with Crippen LogP contribution in [0.5, 0.6) is 0 Å². The Hall–Kier alpha value is -1.78. The highest BCUT2D eigenvalue weighted by Crippen LogP contribution is 2.30. The number of aromatic nitrogens is 2. The molecule has 0 saturated carbocycles. The number of nitrogens with one attached hydrogen (secondary N) is 1. The number of anilines is 2. The highest BCUT2D eigenvalue weighted by molar-refractivity contribution is 5.50. The van der Waals surface area contributed by atoms with Gasteiger partial charge in [0.25, 0.3) is 0 Å². The van der Waals surface area contributed by atoms with Crippen molar-refractivity contribution in [2.24, 2.45) is 5.92 Å². The van der Waals surface area contributed by atoms with Crippen molar-refractivity contribution in [3.63, 3.8) is 0 Å². The lowest BCUT2D eigenvalue weighted by molar-refractivity contribution is 0.671. The number of hydrogen-bond donors (Lipinski definition) is 2. The quantitative estimate of drug-likeness (QED) is 0.825. The molecular weight excluding hydrogens is 226 g/mol. The second kappa shape index (κ2) is 4.15. The van der Waals surface area contributed by atoms with E-state index in [1.165, 1.54) is 12.1 Å². The average Bonchev–Trinajstić information content (AvgIpc) is 2.87. The maximum Gasteiger partial charge on any atom is 0.222 e. The lowest BCUT2D eigenvalue weighted by atomic mass is 10.1. The van der Waals surface area contributed by atoms with Gasteiger partial charge in [0.05, 0.1) is 5.69 Å². The second-order valence-electron chi connectivity index (χ2n) is 5.31. The van der Waals surface area contributed by atoms with Crippen molar-refractivity contribution in [1.82, 2.24) is 15.3 Å². The van der Waals surface area contributed by atoms with Crippen molar-refractivity contribution in [3.8, 4) is 0 Å². The Labute approximate surface area is 107 Å². The summed E-state index contributed by atoms with van der Waals surface area (Å²) in [5.41, 5.74) is 8.13. The molecule has 0 amide bonds. The molecule has 0 aliphatic carbocycles. The van der Waals surface area contributed by atoms with Gasteiger partial charge in [0.15, 0.2) is 0 Å². The third-order valence-corrected chi connectivity index (χ3v) is 3.61. The smallest absolute Gasteiger partial charge is 0.222 e. The standard InChI is InChI=1S/C13H19N5/c1-8(2)10-5-12(17-13(14)16-10)18-6-9-3-4-15-11(9)7-18/h5,7-9,15H,3-4,6H2,1-2H3,(H2,14,16,17). The van der Waals surface area contributed by atoms with E-state index in [1.54, 1.807) is 0 Å². The van der Waals surface area contributed by atoms with Gasteiger partial charge in [0.1, 0.15) is 5.82 Å². The minimum atomic E-state index is 0.361. The largest absolute Gasteiger partial charge is 0.387 e. The van der Waals surface area contributed by atoms with Crippen LogP contribution in [0.15, 0.2) is 18.0 Å². The Morgan fingerprint density at radius 3 is 3.00 bits per heavy atom. The fourth-order valence-electron chi connectivity index (χ4n) is 2.56. The number of nitrogen functional groups attached to an aromatic ring is 1. The Kier molecular flexibility index (Phi) is 2.61. The summed E-state index contributed by atoms with van der Waals surface area (Å²) in [7, 11) is 0. The van der Waals surface area contributed by atoms with E-state index in [9.17, 15) is 0 Å². The Morgan fingerprint density at radius 1 is 1.44 bits per heavy atom. The molecule has 3 heterocycles. The molecule has 1 fully saturated rings. The van der Waals surface area contributed by atoms with Crippen molar-refractivity contribution in [2.75, 3.05) is 23.7 Å². The van der Waals surface area contributed by atoms with E-state index in [1.807, 2.05) is 6.07 Å². The van der Waals surface area contributed by atoms with Crippen molar-refractivity contribution in [1.29, 1.82) is 0 Å². The number of hydrogen-bond acceptors (Lipinski definition) is 5. The molecule has 1 aromatic heterocycles. The van der Waals surface area contributed by atoms with Crippen molar-refractivity contribution >= 4 is 11.8 Å². The SMILES string of the molecule is CC(C)c1cc(N2C=C3NCCC3C2)nc(N)n1. The van der Waals surface area contributed by atoms with E-state index in [2.05, 4.69) is 40.2 Å². The third-order valence-electron chi connectivity index (χ3n) is 3.61. The first-order valence-corrected chi connectivity index (χ1v) is 6.50. The summed E-state index contributed by atoms with van der Waals surface area (Å²) < 4.78 is 0. The molecule has 1 atom stereocenters. The van der Waals surface area contributed by atoms with Gasteiger partial charge in [0.2, 0.25) is 5.95 Å². The zero-order valence-corrected chi connectivity index (χ0v) is 10.8. The lowest BCUT2D eigenvalue weighted by Gasteiger charge is -2.18. The predicted molar refractivity (Wildman–Crippen MR) is 72.1 cm³/mol. The van der Waals surface area contributed by atoms with Crippen LogP contribution in [-0.2, 0) is 0 Å². The van der Waals surface area contributed by atoms with Crippen molar-refractivity contribution in [2.45, 2.75) is 26.2 Å². The summed E-state index contributed by atoms with van der Waals surface area (Å²) in [5.74, 6) is 2.26. The van der Waals surface area contributed by atoms with Crippen LogP contribution in [0, 0.1) is 5.92 Å². The molecule has 0 radical (unpaired) electrons. The molecule has 3 N–H and O–H groups in total. The van der Waals surface area contributed by atoms with Crippen LogP contribution in [0.2, 0.25) is 0 Å². The van der Waals surface area contributed by atoms with Gasteiger partial charge in [-0.3, -0.25) is 0 Å². The number of rotatable bonds is 2. The van der Waals surface area contributed by atoms with E-state index in [0.717, 1.165) is 24.6 Å². The van der Waals surface area contributed by atoms with Crippen LogP contribution >= 0.6 is 0 Å². The zero-order chi connectivity index (χ0) is 12.7. The lowest BCUT2D eigenvalue weighted by Crippen LogP contribution is -2.19. The molecule has 3 rings (SSSR count). The van der Waals surface area contributed by atoms with Gasteiger partial charge in [-0.1, -0.05) is 13.8 Å². The van der Waals surface area contributed by atoms with E-state index in [0.29, 0.717) is 17.8 Å². The highest BCUT2D eigenvalue weighted by Gasteiger charge is 2.29. The summed E-state index contributed by atoms with van der Waals surface area (Å²) in [6.45, 7) is 6.32. The molecular formula is C13H19N5. The number of nitrogens with two attached hydrogens (primary N) is 1. The summed E-state index contributed by atoms with van der Waals surface area (Å²) in [5, 5.41) is 3.42.